The molecule has 0 saturated carbocycles. The molecule has 2 aliphatic rings. The third kappa shape index (κ3) is 27.6. The molecule has 0 amide bonds. The molecule has 388 valence electrons. The number of unbranched alkanes of at least 4 members (excludes halogenated alkanes) is 24. The van der Waals surface area contributed by atoms with Crippen LogP contribution in [0.1, 0.15) is 200 Å². The van der Waals surface area contributed by atoms with Crippen LogP contribution in [0.4, 0.5) is 0 Å². The summed E-state index contributed by atoms with van der Waals surface area (Å²) in [5.41, 5.74) is 0. The Balaban J connectivity index is 1.73. The fourth-order valence-electron chi connectivity index (χ4n) is 8.37. The number of allylic oxidation sites excluding steroid dienone is 4. The Morgan fingerprint density at radius 2 is 0.939 bits per heavy atom. The van der Waals surface area contributed by atoms with E-state index in [4.69, 9.17) is 28.4 Å². The molecule has 14 heteroatoms. The number of esters is 1. The van der Waals surface area contributed by atoms with Gasteiger partial charge in [-0.25, -0.2) is 0 Å². The van der Waals surface area contributed by atoms with Crippen molar-refractivity contribution in [1.29, 1.82) is 0 Å². The lowest BCUT2D eigenvalue weighted by atomic mass is 9.98. The second-order valence-corrected chi connectivity index (χ2v) is 18.7. The third-order valence-corrected chi connectivity index (χ3v) is 12.7. The highest BCUT2D eigenvalue weighted by Crippen LogP contribution is 2.26. The largest absolute Gasteiger partial charge is 0.457 e. The van der Waals surface area contributed by atoms with Crippen LogP contribution < -0.4 is 0 Å². The minimum atomic E-state index is -1.70. The number of rotatable bonds is 42. The van der Waals surface area contributed by atoms with Crippen molar-refractivity contribution >= 4 is 5.97 Å². The Kier molecular flexibility index (Phi) is 36.9. The fraction of sp³-hybridized carbons (Fsp3) is 0.904. The molecule has 11 unspecified atom stereocenters. The molecule has 0 aliphatic carbocycles. The maximum Gasteiger partial charge on any atom is 0.306 e. The maximum atomic E-state index is 13.0. The first kappa shape index (κ1) is 60.6. The topological polar surface area (TPSA) is 214 Å². The SMILES string of the molecule is CCCCCCC/C=C\C/C=C\CCCCCCCCCCCC(=O)OC(COCCCCCCCCCCCCC)COC1OC(COC2OC(CO)C(O)C(O)C2O)C(O)C(O)C1O. The van der Waals surface area contributed by atoms with E-state index < -0.39 is 80.7 Å². The third-order valence-electron chi connectivity index (χ3n) is 12.7. The van der Waals surface area contributed by atoms with E-state index in [0.717, 1.165) is 51.4 Å². The van der Waals surface area contributed by atoms with Crippen LogP contribution in [0, 0.1) is 0 Å². The van der Waals surface area contributed by atoms with Gasteiger partial charge in [-0.1, -0.05) is 173 Å². The molecule has 2 saturated heterocycles. The first-order valence-corrected chi connectivity index (χ1v) is 26.4. The first-order valence-electron chi connectivity index (χ1n) is 26.4. The monoisotopic (exact) mass is 945 g/mol. The lowest BCUT2D eigenvalue weighted by Gasteiger charge is -2.42. The number of aliphatic hydroxyl groups is 7. The van der Waals surface area contributed by atoms with Gasteiger partial charge >= 0.3 is 5.97 Å². The fourth-order valence-corrected chi connectivity index (χ4v) is 8.37. The van der Waals surface area contributed by atoms with Crippen molar-refractivity contribution in [3.8, 4) is 0 Å². The molecule has 0 bridgehead atoms. The Hall–Kier alpha value is -1.53. The number of carbonyl (C=O) groups excluding carboxylic acids is 1. The van der Waals surface area contributed by atoms with Gasteiger partial charge in [0, 0.05) is 13.0 Å². The molecule has 0 spiro atoms. The van der Waals surface area contributed by atoms with Gasteiger partial charge in [-0.05, 0) is 44.9 Å². The molecule has 7 N–H and O–H groups in total. The summed E-state index contributed by atoms with van der Waals surface area (Å²) in [6.45, 7) is 3.68. The van der Waals surface area contributed by atoms with Crippen molar-refractivity contribution in [3.05, 3.63) is 24.3 Å². The summed E-state index contributed by atoms with van der Waals surface area (Å²) in [5.74, 6) is -0.379. The van der Waals surface area contributed by atoms with E-state index in [-0.39, 0.29) is 25.6 Å². The van der Waals surface area contributed by atoms with E-state index in [1.807, 2.05) is 0 Å². The van der Waals surface area contributed by atoms with Crippen molar-refractivity contribution in [1.82, 2.24) is 0 Å². The van der Waals surface area contributed by atoms with E-state index in [9.17, 15) is 40.5 Å². The molecule has 2 rings (SSSR count). The minimum Gasteiger partial charge on any atom is -0.457 e. The van der Waals surface area contributed by atoms with Crippen LogP contribution in [0.2, 0.25) is 0 Å². The van der Waals surface area contributed by atoms with Gasteiger partial charge < -0.3 is 64.2 Å². The smallest absolute Gasteiger partial charge is 0.306 e. The number of hydrogen-bond acceptors (Lipinski definition) is 14. The predicted octanol–water partition coefficient (Wildman–Crippen LogP) is 8.02. The molecule has 11 atom stereocenters. The average Bonchev–Trinajstić information content (AvgIpc) is 3.31. The van der Waals surface area contributed by atoms with E-state index in [0.29, 0.717) is 13.0 Å². The maximum absolute atomic E-state index is 13.0. The number of carbonyl (C=O) groups is 1. The summed E-state index contributed by atoms with van der Waals surface area (Å²) in [4.78, 5) is 13.0. The van der Waals surface area contributed by atoms with Gasteiger partial charge in [0.05, 0.1) is 26.4 Å². The van der Waals surface area contributed by atoms with Crippen molar-refractivity contribution < 1.29 is 69.0 Å². The minimum absolute atomic E-state index is 0.0636. The lowest BCUT2D eigenvalue weighted by molar-refractivity contribution is -0.332. The van der Waals surface area contributed by atoms with Crippen LogP contribution in [0.15, 0.2) is 24.3 Å². The Morgan fingerprint density at radius 3 is 1.45 bits per heavy atom. The van der Waals surface area contributed by atoms with E-state index >= 15 is 0 Å². The summed E-state index contributed by atoms with van der Waals surface area (Å²) < 4.78 is 34.3. The van der Waals surface area contributed by atoms with Crippen LogP contribution in [0.5, 0.6) is 0 Å². The van der Waals surface area contributed by atoms with Gasteiger partial charge in [0.2, 0.25) is 0 Å². The zero-order chi connectivity index (χ0) is 48.0. The molecular weight excluding hydrogens is 849 g/mol. The lowest BCUT2D eigenvalue weighted by Crippen LogP contribution is -2.61. The Morgan fingerprint density at radius 1 is 0.500 bits per heavy atom. The molecule has 0 aromatic heterocycles. The highest BCUT2D eigenvalue weighted by molar-refractivity contribution is 5.69. The molecule has 14 nitrogen and oxygen atoms in total. The van der Waals surface area contributed by atoms with Crippen LogP contribution in [-0.2, 0) is 33.2 Å². The normalized spacial score (nSPS) is 26.4. The molecular formula is C52H96O14. The zero-order valence-electron chi connectivity index (χ0n) is 41.2. The van der Waals surface area contributed by atoms with Crippen LogP contribution >= 0.6 is 0 Å². The second kappa shape index (κ2) is 40.2. The van der Waals surface area contributed by atoms with Crippen molar-refractivity contribution in [2.24, 2.45) is 0 Å². The van der Waals surface area contributed by atoms with Crippen molar-refractivity contribution in [3.63, 3.8) is 0 Å². The van der Waals surface area contributed by atoms with Gasteiger partial charge in [-0.15, -0.1) is 0 Å². The predicted molar refractivity (Wildman–Crippen MR) is 257 cm³/mol. The number of hydrogen-bond donors (Lipinski definition) is 7. The molecule has 2 fully saturated rings. The first-order chi connectivity index (χ1) is 32.1. The van der Waals surface area contributed by atoms with Gasteiger partial charge in [0.25, 0.3) is 0 Å². The van der Waals surface area contributed by atoms with E-state index in [1.54, 1.807) is 0 Å². The molecule has 0 aromatic rings. The number of aliphatic hydroxyl groups excluding tert-OH is 7. The molecule has 2 heterocycles. The number of ether oxygens (including phenoxy) is 6. The average molecular weight is 945 g/mol. The van der Waals surface area contributed by atoms with Gasteiger partial charge in [0.15, 0.2) is 12.6 Å². The summed E-state index contributed by atoms with van der Waals surface area (Å²) in [5, 5.41) is 72.1. The highest BCUT2D eigenvalue weighted by Gasteiger charge is 2.47. The van der Waals surface area contributed by atoms with Gasteiger partial charge in [-0.2, -0.15) is 0 Å². The highest BCUT2D eigenvalue weighted by atomic mass is 16.7. The van der Waals surface area contributed by atoms with Crippen LogP contribution in [-0.4, -0.2) is 142 Å². The van der Waals surface area contributed by atoms with E-state index in [2.05, 4.69) is 38.2 Å². The van der Waals surface area contributed by atoms with Crippen molar-refractivity contribution in [2.45, 2.75) is 268 Å². The molecule has 0 aromatic carbocycles. The summed E-state index contributed by atoms with van der Waals surface area (Å²) in [6, 6.07) is 0. The summed E-state index contributed by atoms with van der Waals surface area (Å²) in [7, 11) is 0. The van der Waals surface area contributed by atoms with E-state index in [1.165, 1.54) is 122 Å². The Bertz CT molecular complexity index is 1190. The second-order valence-electron chi connectivity index (χ2n) is 18.7. The zero-order valence-corrected chi connectivity index (χ0v) is 41.2. The van der Waals surface area contributed by atoms with Crippen LogP contribution in [0.3, 0.4) is 0 Å². The summed E-state index contributed by atoms with van der Waals surface area (Å²) in [6.07, 6.45) is 26.7. The molecule has 66 heavy (non-hydrogen) atoms. The molecule has 2 aliphatic heterocycles. The molecule has 0 radical (unpaired) electrons. The standard InChI is InChI=1S/C52H96O14/c1-3-5-7-9-11-13-15-16-17-18-19-20-21-22-23-24-25-27-29-31-33-35-44(54)64-41(38-61-36-34-32-30-28-26-14-12-10-8-6-4-2)39-62-51-50(60)48(58)46(56)43(66-51)40-63-52-49(59)47(57)45(55)42(37-53)65-52/h15-16,18-19,41-43,45-53,55-60H,3-14,17,20-40H2,1-2H3/b16-15-,19-18-. The van der Waals surface area contributed by atoms with Gasteiger partial charge in [-0.3, -0.25) is 4.79 Å². The Labute approximate surface area is 398 Å². The quantitative estimate of drug-likeness (QED) is 0.0175. The van der Waals surface area contributed by atoms with Gasteiger partial charge in [0.1, 0.15) is 54.9 Å². The van der Waals surface area contributed by atoms with Crippen LogP contribution in [0.25, 0.3) is 0 Å². The van der Waals surface area contributed by atoms with Crippen molar-refractivity contribution in [2.75, 3.05) is 33.0 Å². The summed E-state index contributed by atoms with van der Waals surface area (Å²) >= 11 is 0.